The van der Waals surface area contributed by atoms with E-state index in [-0.39, 0.29) is 12.4 Å². The second kappa shape index (κ2) is 6.74. The topological polar surface area (TPSA) is 20.2 Å². The third kappa shape index (κ3) is 3.19. The fraction of sp³-hybridized carbons (Fsp3) is 0.158. The first-order valence-corrected chi connectivity index (χ1v) is 8.03. The van der Waals surface area contributed by atoms with Crippen LogP contribution in [0.1, 0.15) is 18.4 Å². The van der Waals surface area contributed by atoms with Crippen LogP contribution in [0.3, 0.4) is 0 Å². The van der Waals surface area contributed by atoms with Crippen molar-refractivity contribution in [1.29, 1.82) is 0 Å². The Kier molecular flexibility index (Phi) is 4.53. The van der Waals surface area contributed by atoms with Crippen LogP contribution in [0.5, 0.6) is 0 Å². The lowest BCUT2D eigenvalue weighted by Gasteiger charge is -2.00. The summed E-state index contributed by atoms with van der Waals surface area (Å²) < 4.78 is 14.2. The summed E-state index contributed by atoms with van der Waals surface area (Å²) in [6, 6.07) is 12.7. The van der Waals surface area contributed by atoms with Gasteiger partial charge in [-0.05, 0) is 41.6 Å². The van der Waals surface area contributed by atoms with E-state index in [9.17, 15) is 4.39 Å². The van der Waals surface area contributed by atoms with Gasteiger partial charge in [0.2, 0.25) is 0 Å². The van der Waals surface area contributed by atoms with E-state index in [1.165, 1.54) is 16.8 Å². The molecule has 1 heterocycles. The lowest BCUT2D eigenvalue weighted by molar-refractivity contribution is 0.290. The fourth-order valence-electron chi connectivity index (χ4n) is 2.29. The van der Waals surface area contributed by atoms with Gasteiger partial charge >= 0.3 is 0 Å². The van der Waals surface area contributed by atoms with Crippen LogP contribution in [-0.2, 0) is 0 Å². The zero-order valence-corrected chi connectivity index (χ0v) is 12.8. The van der Waals surface area contributed by atoms with Crippen LogP contribution < -0.4 is 0 Å². The molecule has 2 aromatic carbocycles. The van der Waals surface area contributed by atoms with Crippen LogP contribution in [0.4, 0.5) is 4.39 Å². The number of benzene rings is 2. The van der Waals surface area contributed by atoms with Crippen molar-refractivity contribution in [2.24, 2.45) is 0 Å². The van der Waals surface area contributed by atoms with E-state index in [0.29, 0.717) is 12.8 Å². The highest BCUT2D eigenvalue weighted by molar-refractivity contribution is 7.17. The zero-order chi connectivity index (χ0) is 15.4. The highest BCUT2D eigenvalue weighted by Crippen LogP contribution is 2.34. The van der Waals surface area contributed by atoms with E-state index in [0.717, 1.165) is 22.1 Å². The van der Waals surface area contributed by atoms with Gasteiger partial charge in [-0.3, -0.25) is 0 Å². The number of hydrogen-bond donors (Lipinski definition) is 1. The molecule has 22 heavy (non-hydrogen) atoms. The molecule has 0 saturated heterocycles. The van der Waals surface area contributed by atoms with E-state index in [1.807, 2.05) is 6.07 Å². The van der Waals surface area contributed by atoms with Crippen LogP contribution in [0.25, 0.3) is 21.2 Å². The molecule has 0 aliphatic rings. The lowest BCUT2D eigenvalue weighted by Crippen LogP contribution is -1.80. The van der Waals surface area contributed by atoms with Gasteiger partial charge in [-0.25, -0.2) is 4.39 Å². The predicted molar refractivity (Wildman–Crippen MR) is 90.4 cm³/mol. The Morgan fingerprint density at radius 3 is 2.68 bits per heavy atom. The number of aliphatic hydroxyl groups is 1. The summed E-state index contributed by atoms with van der Waals surface area (Å²) in [5.41, 5.74) is 3.13. The quantitative estimate of drug-likeness (QED) is 0.542. The van der Waals surface area contributed by atoms with Gasteiger partial charge in [0.05, 0.1) is 0 Å². The highest BCUT2D eigenvalue weighted by Gasteiger charge is 2.06. The average molecular weight is 310 g/mol. The van der Waals surface area contributed by atoms with Gasteiger partial charge in [-0.2, -0.15) is 0 Å². The average Bonchev–Trinajstić information content (AvgIpc) is 2.95. The van der Waals surface area contributed by atoms with Crippen LogP contribution in [0.2, 0.25) is 0 Å². The molecule has 0 amide bonds. The summed E-state index contributed by atoms with van der Waals surface area (Å²) in [6.45, 7) is 0.180. The standard InChI is InChI=1S/C19H15FOS/c20-16-8-6-15(7-9-16)18-13-22-19-12-14(5-10-17(18)19)4-2-1-3-11-21/h5-10,12-13,21H,1,3,11H2. The number of halogens is 1. The van der Waals surface area contributed by atoms with Crippen molar-refractivity contribution < 1.29 is 9.50 Å². The summed E-state index contributed by atoms with van der Waals surface area (Å²) in [5, 5.41) is 12.0. The number of thiophene rings is 1. The Balaban J connectivity index is 1.92. The molecule has 0 fully saturated rings. The van der Waals surface area contributed by atoms with Gasteiger partial charge in [-0.1, -0.05) is 30.0 Å². The number of aliphatic hydroxyl groups excluding tert-OH is 1. The molecule has 110 valence electrons. The second-order valence-corrected chi connectivity index (χ2v) is 5.91. The Labute approximate surface area is 133 Å². The monoisotopic (exact) mass is 310 g/mol. The SMILES string of the molecule is OCCCC#Cc1ccc2c(-c3ccc(F)cc3)csc2c1. The van der Waals surface area contributed by atoms with Gasteiger partial charge in [0, 0.05) is 34.2 Å². The molecule has 0 radical (unpaired) electrons. The van der Waals surface area contributed by atoms with Crippen molar-refractivity contribution in [2.45, 2.75) is 12.8 Å². The van der Waals surface area contributed by atoms with Crippen molar-refractivity contribution in [3.63, 3.8) is 0 Å². The molecular weight excluding hydrogens is 295 g/mol. The van der Waals surface area contributed by atoms with Crippen LogP contribution in [0, 0.1) is 17.7 Å². The molecule has 0 spiro atoms. The third-order valence-corrected chi connectivity index (χ3v) is 4.37. The van der Waals surface area contributed by atoms with E-state index < -0.39 is 0 Å². The molecule has 3 aromatic rings. The van der Waals surface area contributed by atoms with E-state index in [2.05, 4.69) is 29.4 Å². The first-order valence-electron chi connectivity index (χ1n) is 7.15. The molecule has 0 atom stereocenters. The second-order valence-electron chi connectivity index (χ2n) is 5.00. The molecule has 3 heteroatoms. The third-order valence-electron chi connectivity index (χ3n) is 3.42. The van der Waals surface area contributed by atoms with E-state index in [4.69, 9.17) is 5.11 Å². The molecule has 0 aliphatic carbocycles. The van der Waals surface area contributed by atoms with Crippen molar-refractivity contribution in [3.05, 3.63) is 59.2 Å². The first-order chi connectivity index (χ1) is 10.8. The minimum Gasteiger partial charge on any atom is -0.396 e. The van der Waals surface area contributed by atoms with E-state index >= 15 is 0 Å². The minimum atomic E-state index is -0.219. The van der Waals surface area contributed by atoms with Gasteiger partial charge in [0.15, 0.2) is 0 Å². The summed E-state index contributed by atoms with van der Waals surface area (Å²) in [5.74, 6) is 5.97. The van der Waals surface area contributed by atoms with E-state index in [1.54, 1.807) is 23.5 Å². The Morgan fingerprint density at radius 2 is 1.91 bits per heavy atom. The fourth-order valence-corrected chi connectivity index (χ4v) is 3.30. The van der Waals surface area contributed by atoms with Gasteiger partial charge in [0.25, 0.3) is 0 Å². The minimum absolute atomic E-state index is 0.180. The summed E-state index contributed by atoms with van der Waals surface area (Å²) in [6.07, 6.45) is 1.42. The highest BCUT2D eigenvalue weighted by atomic mass is 32.1. The number of fused-ring (bicyclic) bond motifs is 1. The van der Waals surface area contributed by atoms with Crippen molar-refractivity contribution >= 4 is 21.4 Å². The van der Waals surface area contributed by atoms with Crippen molar-refractivity contribution in [3.8, 4) is 23.0 Å². The largest absolute Gasteiger partial charge is 0.396 e. The molecule has 0 bridgehead atoms. The van der Waals surface area contributed by atoms with Crippen LogP contribution in [-0.4, -0.2) is 11.7 Å². The lowest BCUT2D eigenvalue weighted by atomic mass is 10.0. The molecule has 0 saturated carbocycles. The molecule has 1 nitrogen and oxygen atoms in total. The Morgan fingerprint density at radius 1 is 1.09 bits per heavy atom. The molecule has 0 unspecified atom stereocenters. The molecule has 1 aromatic heterocycles. The summed E-state index contributed by atoms with van der Waals surface area (Å²) in [7, 11) is 0. The van der Waals surface area contributed by atoms with Crippen molar-refractivity contribution in [2.75, 3.05) is 6.61 Å². The maximum Gasteiger partial charge on any atom is 0.123 e. The maximum absolute atomic E-state index is 13.0. The van der Waals surface area contributed by atoms with Gasteiger partial charge < -0.3 is 5.11 Å². The summed E-state index contributed by atoms with van der Waals surface area (Å²) >= 11 is 1.67. The molecule has 1 N–H and O–H groups in total. The first kappa shape index (κ1) is 14.8. The Hall–Kier alpha value is -2.15. The van der Waals surface area contributed by atoms with Crippen LogP contribution >= 0.6 is 11.3 Å². The number of rotatable bonds is 3. The molecule has 3 rings (SSSR count). The van der Waals surface area contributed by atoms with Gasteiger partial charge in [0.1, 0.15) is 5.82 Å². The normalized spacial score (nSPS) is 10.5. The Bertz CT molecular complexity index is 837. The summed E-state index contributed by atoms with van der Waals surface area (Å²) in [4.78, 5) is 0. The number of unbranched alkanes of at least 4 members (excludes halogenated alkanes) is 1. The van der Waals surface area contributed by atoms with Crippen LogP contribution in [0.15, 0.2) is 47.8 Å². The maximum atomic E-state index is 13.0. The van der Waals surface area contributed by atoms with Gasteiger partial charge in [-0.15, -0.1) is 11.3 Å². The molecular formula is C19H15FOS. The number of hydrogen-bond acceptors (Lipinski definition) is 2. The zero-order valence-electron chi connectivity index (χ0n) is 12.0. The smallest absolute Gasteiger partial charge is 0.123 e. The predicted octanol–water partition coefficient (Wildman–Crippen LogP) is 4.83. The molecule has 0 aliphatic heterocycles. The van der Waals surface area contributed by atoms with Crippen molar-refractivity contribution in [1.82, 2.24) is 0 Å².